The summed E-state index contributed by atoms with van der Waals surface area (Å²) in [5.41, 5.74) is 0.723. The number of H-pyrrole nitrogens is 1. The number of hydrogen-bond acceptors (Lipinski definition) is 4. The largest absolute Gasteiger partial charge is 0.296 e. The van der Waals surface area contributed by atoms with E-state index in [0.29, 0.717) is 5.82 Å². The van der Waals surface area contributed by atoms with E-state index in [-0.39, 0.29) is 5.16 Å². The van der Waals surface area contributed by atoms with Gasteiger partial charge in [0.1, 0.15) is 0 Å². The summed E-state index contributed by atoms with van der Waals surface area (Å²) in [4.78, 5) is 3.77. The van der Waals surface area contributed by atoms with Gasteiger partial charge >= 0.3 is 0 Å². The lowest BCUT2D eigenvalue weighted by Crippen LogP contribution is -1.92. The summed E-state index contributed by atoms with van der Waals surface area (Å²) in [5.74, 6) is 0.301. The highest BCUT2D eigenvalue weighted by atomic mass is 35.7. The fourth-order valence-electron chi connectivity index (χ4n) is 1.07. The van der Waals surface area contributed by atoms with Gasteiger partial charge in [-0.05, 0) is 0 Å². The molecule has 2 rings (SSSR count). The van der Waals surface area contributed by atoms with Gasteiger partial charge in [-0.25, -0.2) is 13.5 Å². The molecule has 0 aliphatic carbocycles. The molecule has 0 aliphatic heterocycles. The standard InChI is InChI=1S/C8H6ClN3O2S/c9-15(13,14)8-10-7(11-12-8)6-4-2-1-3-5-6/h1-5H,(H,10,11,12). The summed E-state index contributed by atoms with van der Waals surface area (Å²) in [6.45, 7) is 0. The molecule has 1 heterocycles. The zero-order valence-corrected chi connectivity index (χ0v) is 8.96. The van der Waals surface area contributed by atoms with Crippen molar-refractivity contribution >= 4 is 19.7 Å². The minimum Gasteiger partial charge on any atom is -0.248 e. The molecule has 0 saturated heterocycles. The maximum atomic E-state index is 10.9. The summed E-state index contributed by atoms with van der Waals surface area (Å²) in [7, 11) is 1.25. The molecular formula is C8H6ClN3O2S. The number of hydrogen-bond donors (Lipinski definition) is 1. The van der Waals surface area contributed by atoms with Crippen molar-refractivity contribution in [3.8, 4) is 11.4 Å². The van der Waals surface area contributed by atoms with Crippen molar-refractivity contribution in [3.63, 3.8) is 0 Å². The van der Waals surface area contributed by atoms with E-state index >= 15 is 0 Å². The van der Waals surface area contributed by atoms with Crippen LogP contribution in [0.15, 0.2) is 35.5 Å². The number of nitrogens with zero attached hydrogens (tertiary/aromatic N) is 2. The van der Waals surface area contributed by atoms with E-state index in [0.717, 1.165) is 5.56 Å². The summed E-state index contributed by atoms with van der Waals surface area (Å²) >= 11 is 0. The van der Waals surface area contributed by atoms with Crippen LogP contribution in [-0.4, -0.2) is 23.6 Å². The minimum absolute atomic E-state index is 0.301. The van der Waals surface area contributed by atoms with Crippen LogP contribution in [0.1, 0.15) is 0 Å². The maximum absolute atomic E-state index is 10.9. The summed E-state index contributed by atoms with van der Waals surface area (Å²) in [6, 6.07) is 9.00. The van der Waals surface area contributed by atoms with Crippen molar-refractivity contribution in [1.82, 2.24) is 15.2 Å². The van der Waals surface area contributed by atoms with Crippen LogP contribution in [0, 0.1) is 0 Å². The van der Waals surface area contributed by atoms with Crippen LogP contribution in [-0.2, 0) is 9.05 Å². The summed E-state index contributed by atoms with van der Waals surface area (Å²) < 4.78 is 21.8. The van der Waals surface area contributed by atoms with Gasteiger partial charge in [-0.15, -0.1) is 0 Å². The summed E-state index contributed by atoms with van der Waals surface area (Å²) in [5, 5.41) is 5.67. The van der Waals surface area contributed by atoms with Crippen molar-refractivity contribution < 1.29 is 8.42 Å². The fourth-order valence-corrected chi connectivity index (χ4v) is 1.63. The molecule has 0 bridgehead atoms. The second-order valence-electron chi connectivity index (χ2n) is 2.77. The normalized spacial score (nSPS) is 11.5. The Balaban J connectivity index is 2.46. The molecule has 0 aliphatic rings. The zero-order chi connectivity index (χ0) is 10.9. The van der Waals surface area contributed by atoms with Crippen LogP contribution in [0.5, 0.6) is 0 Å². The highest BCUT2D eigenvalue weighted by molar-refractivity contribution is 8.13. The Morgan fingerprint density at radius 1 is 1.20 bits per heavy atom. The minimum atomic E-state index is -3.85. The molecule has 0 radical (unpaired) electrons. The molecular weight excluding hydrogens is 238 g/mol. The Labute approximate surface area is 90.5 Å². The van der Waals surface area contributed by atoms with Crippen LogP contribution in [0.25, 0.3) is 11.4 Å². The third-order valence-corrected chi connectivity index (χ3v) is 2.81. The smallest absolute Gasteiger partial charge is 0.248 e. The maximum Gasteiger partial charge on any atom is 0.296 e. The van der Waals surface area contributed by atoms with E-state index in [2.05, 4.69) is 15.2 Å². The molecule has 78 valence electrons. The summed E-state index contributed by atoms with van der Waals surface area (Å²) in [6.07, 6.45) is 0. The predicted octanol–water partition coefficient (Wildman–Crippen LogP) is 1.40. The van der Waals surface area contributed by atoms with E-state index in [9.17, 15) is 8.42 Å². The Morgan fingerprint density at radius 3 is 2.40 bits per heavy atom. The number of aromatic nitrogens is 3. The van der Waals surface area contributed by atoms with E-state index in [1.807, 2.05) is 6.07 Å². The van der Waals surface area contributed by atoms with Gasteiger partial charge in [0.05, 0.1) is 0 Å². The predicted molar refractivity (Wildman–Crippen MR) is 54.9 cm³/mol. The lowest BCUT2D eigenvalue weighted by atomic mass is 10.2. The quantitative estimate of drug-likeness (QED) is 0.809. The topological polar surface area (TPSA) is 75.7 Å². The van der Waals surface area contributed by atoms with Gasteiger partial charge in [-0.2, -0.15) is 10.1 Å². The van der Waals surface area contributed by atoms with Crippen molar-refractivity contribution in [1.29, 1.82) is 0 Å². The molecule has 0 amide bonds. The van der Waals surface area contributed by atoms with Gasteiger partial charge in [0.2, 0.25) is 0 Å². The Kier molecular flexibility index (Phi) is 2.45. The van der Waals surface area contributed by atoms with Crippen LogP contribution in [0.4, 0.5) is 0 Å². The lowest BCUT2D eigenvalue weighted by molar-refractivity contribution is 0.602. The molecule has 0 atom stereocenters. The number of nitrogens with one attached hydrogen (secondary N) is 1. The van der Waals surface area contributed by atoms with Crippen LogP contribution in [0.3, 0.4) is 0 Å². The van der Waals surface area contributed by atoms with Gasteiger partial charge < -0.3 is 0 Å². The third-order valence-electron chi connectivity index (χ3n) is 1.73. The van der Waals surface area contributed by atoms with Crippen molar-refractivity contribution in [2.75, 3.05) is 0 Å². The van der Waals surface area contributed by atoms with E-state index in [1.54, 1.807) is 24.3 Å². The first-order valence-electron chi connectivity index (χ1n) is 4.00. The van der Waals surface area contributed by atoms with Gasteiger partial charge in [0.25, 0.3) is 14.2 Å². The average Bonchev–Trinajstić information content (AvgIpc) is 2.67. The monoisotopic (exact) mass is 243 g/mol. The van der Waals surface area contributed by atoms with Gasteiger partial charge in [0, 0.05) is 16.2 Å². The molecule has 1 aromatic heterocycles. The number of aromatic amines is 1. The second kappa shape index (κ2) is 3.63. The molecule has 0 spiro atoms. The van der Waals surface area contributed by atoms with Crippen molar-refractivity contribution in [2.24, 2.45) is 0 Å². The molecule has 1 aromatic carbocycles. The molecule has 2 aromatic rings. The van der Waals surface area contributed by atoms with Crippen LogP contribution >= 0.6 is 10.7 Å². The fraction of sp³-hybridized carbons (Fsp3) is 0. The molecule has 5 nitrogen and oxygen atoms in total. The highest BCUT2D eigenvalue weighted by Crippen LogP contribution is 2.16. The molecule has 0 fully saturated rings. The van der Waals surface area contributed by atoms with Gasteiger partial charge in [-0.1, -0.05) is 30.3 Å². The first-order valence-corrected chi connectivity index (χ1v) is 6.31. The molecule has 0 saturated carbocycles. The molecule has 1 N–H and O–H groups in total. The Hall–Kier alpha value is -1.40. The molecule has 0 unspecified atom stereocenters. The number of benzene rings is 1. The zero-order valence-electron chi connectivity index (χ0n) is 7.38. The van der Waals surface area contributed by atoms with Gasteiger partial charge in [0.15, 0.2) is 5.82 Å². The van der Waals surface area contributed by atoms with E-state index in [4.69, 9.17) is 10.7 Å². The van der Waals surface area contributed by atoms with Gasteiger partial charge in [-0.3, -0.25) is 0 Å². The molecule has 7 heteroatoms. The number of halogens is 1. The van der Waals surface area contributed by atoms with E-state index < -0.39 is 9.05 Å². The Morgan fingerprint density at radius 2 is 1.87 bits per heavy atom. The van der Waals surface area contributed by atoms with Crippen molar-refractivity contribution in [2.45, 2.75) is 5.16 Å². The van der Waals surface area contributed by atoms with Crippen LogP contribution < -0.4 is 0 Å². The second-order valence-corrected chi connectivity index (χ2v) is 5.25. The first kappa shape index (κ1) is 10.1. The Bertz CT molecular complexity index is 565. The lowest BCUT2D eigenvalue weighted by Gasteiger charge is -1.91. The van der Waals surface area contributed by atoms with Crippen molar-refractivity contribution in [3.05, 3.63) is 30.3 Å². The number of rotatable bonds is 2. The van der Waals surface area contributed by atoms with E-state index in [1.165, 1.54) is 0 Å². The average molecular weight is 244 g/mol. The highest BCUT2D eigenvalue weighted by Gasteiger charge is 2.16. The molecule has 15 heavy (non-hydrogen) atoms. The van der Waals surface area contributed by atoms with Crippen LogP contribution in [0.2, 0.25) is 0 Å². The first-order chi connectivity index (χ1) is 7.07. The third kappa shape index (κ3) is 2.16. The SMILES string of the molecule is O=S(=O)(Cl)c1nc(-c2ccccc2)n[nH]1.